The van der Waals surface area contributed by atoms with Gasteiger partial charge in [-0.15, -0.1) is 0 Å². The van der Waals surface area contributed by atoms with Crippen molar-refractivity contribution in [3.05, 3.63) is 6.42 Å². The number of unbranched alkanes of at least 4 members (excludes halogenated alkanes) is 9. The van der Waals surface area contributed by atoms with Crippen molar-refractivity contribution in [2.24, 2.45) is 11.8 Å². The summed E-state index contributed by atoms with van der Waals surface area (Å²) < 4.78 is 0. The molecule has 0 amide bonds. The zero-order valence-corrected chi connectivity index (χ0v) is 17.8. The van der Waals surface area contributed by atoms with E-state index >= 15 is 0 Å². The van der Waals surface area contributed by atoms with Crippen LogP contribution in [0.2, 0.25) is 0 Å². The fourth-order valence-corrected chi connectivity index (χ4v) is 3.93. The van der Waals surface area contributed by atoms with Gasteiger partial charge in [0.25, 0.3) is 0 Å². The van der Waals surface area contributed by atoms with Crippen LogP contribution in [0, 0.1) is 18.3 Å². The molecule has 0 heteroatoms. The molecule has 0 bridgehead atoms. The molecule has 2 unspecified atom stereocenters. The van der Waals surface area contributed by atoms with E-state index in [-0.39, 0.29) is 0 Å². The Balaban J connectivity index is 4.16. The first-order chi connectivity index (χ1) is 11.8. The second-order valence-electron chi connectivity index (χ2n) is 8.05. The van der Waals surface area contributed by atoms with Crippen LogP contribution in [0.3, 0.4) is 0 Å². The summed E-state index contributed by atoms with van der Waals surface area (Å²) in [5.41, 5.74) is 0. The molecule has 0 saturated heterocycles. The quantitative estimate of drug-likeness (QED) is 0.206. The summed E-state index contributed by atoms with van der Waals surface area (Å²) in [5.74, 6) is 1.80. The minimum Gasteiger partial charge on any atom is -0.0654 e. The SMILES string of the molecule is CCCCCCCCC([CH]C(CCC)CCCCC)CCCCC. The molecule has 0 aromatic carbocycles. The van der Waals surface area contributed by atoms with Gasteiger partial charge in [0.1, 0.15) is 0 Å². The van der Waals surface area contributed by atoms with E-state index in [4.69, 9.17) is 0 Å². The number of rotatable bonds is 19. The smallest absolute Gasteiger partial charge is 0.0324 e. The van der Waals surface area contributed by atoms with Crippen molar-refractivity contribution in [1.29, 1.82) is 0 Å². The molecule has 24 heavy (non-hydrogen) atoms. The largest absolute Gasteiger partial charge is 0.0654 e. The van der Waals surface area contributed by atoms with E-state index in [9.17, 15) is 0 Å². The predicted molar refractivity (Wildman–Crippen MR) is 112 cm³/mol. The summed E-state index contributed by atoms with van der Waals surface area (Å²) in [7, 11) is 0. The minimum atomic E-state index is 0.897. The molecular formula is C24H49. The number of hydrogen-bond acceptors (Lipinski definition) is 0. The fourth-order valence-electron chi connectivity index (χ4n) is 3.93. The molecule has 0 saturated carbocycles. The highest BCUT2D eigenvalue weighted by Gasteiger charge is 2.16. The second-order valence-corrected chi connectivity index (χ2v) is 8.05. The summed E-state index contributed by atoms with van der Waals surface area (Å²) in [6, 6.07) is 0. The molecule has 0 aliphatic rings. The van der Waals surface area contributed by atoms with Gasteiger partial charge in [-0.3, -0.25) is 0 Å². The Hall–Kier alpha value is 0. The average Bonchev–Trinajstić information content (AvgIpc) is 2.58. The monoisotopic (exact) mass is 337 g/mol. The predicted octanol–water partition coefficient (Wildman–Crippen LogP) is 9.13. The van der Waals surface area contributed by atoms with E-state index in [0.29, 0.717) is 0 Å². The molecule has 0 nitrogen and oxygen atoms in total. The topological polar surface area (TPSA) is 0 Å². The lowest BCUT2D eigenvalue weighted by Crippen LogP contribution is -2.11. The Labute approximate surface area is 155 Å². The molecule has 0 aromatic rings. The Morgan fingerprint density at radius 3 is 1.29 bits per heavy atom. The minimum absolute atomic E-state index is 0.897. The van der Waals surface area contributed by atoms with Crippen molar-refractivity contribution in [2.45, 2.75) is 137 Å². The molecular weight excluding hydrogens is 288 g/mol. The van der Waals surface area contributed by atoms with Crippen LogP contribution in [-0.2, 0) is 0 Å². The summed E-state index contributed by atoms with van der Waals surface area (Å²) in [5, 5.41) is 0. The van der Waals surface area contributed by atoms with Crippen LogP contribution >= 0.6 is 0 Å². The van der Waals surface area contributed by atoms with Gasteiger partial charge in [0.2, 0.25) is 0 Å². The Bertz CT molecular complexity index is 220. The third kappa shape index (κ3) is 15.5. The first kappa shape index (κ1) is 24.0. The summed E-state index contributed by atoms with van der Waals surface area (Å²) in [4.78, 5) is 0. The van der Waals surface area contributed by atoms with Crippen molar-refractivity contribution in [3.63, 3.8) is 0 Å². The lowest BCUT2D eigenvalue weighted by molar-refractivity contribution is 0.373. The highest BCUT2D eigenvalue weighted by molar-refractivity contribution is 4.84. The van der Waals surface area contributed by atoms with E-state index < -0.39 is 0 Å². The maximum absolute atomic E-state index is 2.81. The molecule has 145 valence electrons. The summed E-state index contributed by atoms with van der Waals surface area (Å²) in [6.45, 7) is 9.33. The molecule has 0 aliphatic carbocycles. The van der Waals surface area contributed by atoms with E-state index in [1.165, 1.54) is 109 Å². The zero-order chi connectivity index (χ0) is 17.9. The van der Waals surface area contributed by atoms with Crippen LogP contribution in [-0.4, -0.2) is 0 Å². The first-order valence-electron chi connectivity index (χ1n) is 11.6. The standard InChI is InChI=1S/C24H49/c1-5-9-12-13-14-17-21-24(20-16-11-7-3)22-23(18-8-4)19-15-10-6-2/h22-24H,5-21H2,1-4H3. The zero-order valence-electron chi connectivity index (χ0n) is 17.8. The van der Waals surface area contributed by atoms with Gasteiger partial charge in [0, 0.05) is 0 Å². The molecule has 0 heterocycles. The third-order valence-corrected chi connectivity index (χ3v) is 5.49. The van der Waals surface area contributed by atoms with Gasteiger partial charge < -0.3 is 0 Å². The van der Waals surface area contributed by atoms with Crippen LogP contribution < -0.4 is 0 Å². The van der Waals surface area contributed by atoms with Crippen LogP contribution in [0.4, 0.5) is 0 Å². The van der Waals surface area contributed by atoms with Crippen LogP contribution in [0.25, 0.3) is 0 Å². The lowest BCUT2D eigenvalue weighted by atomic mass is 9.82. The van der Waals surface area contributed by atoms with E-state index in [2.05, 4.69) is 34.1 Å². The van der Waals surface area contributed by atoms with Gasteiger partial charge in [-0.05, 0) is 18.3 Å². The molecule has 2 atom stereocenters. The van der Waals surface area contributed by atoms with Gasteiger partial charge in [-0.1, -0.05) is 137 Å². The molecule has 0 aromatic heterocycles. The molecule has 0 aliphatic heterocycles. The van der Waals surface area contributed by atoms with Crippen LogP contribution in [0.5, 0.6) is 0 Å². The molecule has 0 fully saturated rings. The van der Waals surface area contributed by atoms with Crippen molar-refractivity contribution in [3.8, 4) is 0 Å². The van der Waals surface area contributed by atoms with Crippen molar-refractivity contribution >= 4 is 0 Å². The second kappa shape index (κ2) is 19.3. The Kier molecular flexibility index (Phi) is 19.3. The van der Waals surface area contributed by atoms with Crippen molar-refractivity contribution < 1.29 is 0 Å². The Morgan fingerprint density at radius 2 is 0.792 bits per heavy atom. The third-order valence-electron chi connectivity index (χ3n) is 5.49. The van der Waals surface area contributed by atoms with Crippen molar-refractivity contribution in [1.82, 2.24) is 0 Å². The molecule has 0 spiro atoms. The van der Waals surface area contributed by atoms with Gasteiger partial charge in [0.05, 0.1) is 0 Å². The molecule has 0 rings (SSSR count). The van der Waals surface area contributed by atoms with Gasteiger partial charge >= 0.3 is 0 Å². The van der Waals surface area contributed by atoms with Crippen LogP contribution in [0.15, 0.2) is 0 Å². The molecule has 0 N–H and O–H groups in total. The van der Waals surface area contributed by atoms with Gasteiger partial charge in [-0.25, -0.2) is 0 Å². The van der Waals surface area contributed by atoms with E-state index in [0.717, 1.165) is 11.8 Å². The normalized spacial score (nSPS) is 14.0. The van der Waals surface area contributed by atoms with Gasteiger partial charge in [0.15, 0.2) is 0 Å². The first-order valence-corrected chi connectivity index (χ1v) is 11.6. The maximum Gasteiger partial charge on any atom is -0.0324 e. The fraction of sp³-hybridized carbons (Fsp3) is 0.958. The van der Waals surface area contributed by atoms with Gasteiger partial charge in [-0.2, -0.15) is 0 Å². The Morgan fingerprint density at radius 1 is 0.417 bits per heavy atom. The summed E-state index contributed by atoms with van der Waals surface area (Å²) >= 11 is 0. The average molecular weight is 338 g/mol. The van der Waals surface area contributed by atoms with E-state index in [1.54, 1.807) is 0 Å². The highest BCUT2D eigenvalue weighted by atomic mass is 14.2. The lowest BCUT2D eigenvalue weighted by Gasteiger charge is -2.23. The number of hydrogen-bond donors (Lipinski definition) is 0. The summed E-state index contributed by atoms with van der Waals surface area (Å²) in [6.07, 6.45) is 27.0. The molecule has 1 radical (unpaired) electrons. The maximum atomic E-state index is 2.81. The van der Waals surface area contributed by atoms with E-state index in [1.807, 2.05) is 0 Å². The highest BCUT2D eigenvalue weighted by Crippen LogP contribution is 2.29. The van der Waals surface area contributed by atoms with Crippen LogP contribution in [0.1, 0.15) is 137 Å². The van der Waals surface area contributed by atoms with Crippen molar-refractivity contribution in [2.75, 3.05) is 0 Å².